The Bertz CT molecular complexity index is 998. The van der Waals surface area contributed by atoms with Crippen LogP contribution in [0.4, 0.5) is 0 Å². The quantitative estimate of drug-likeness (QED) is 0.526. The molecular formula is C19H23BrN4O5S. The molecule has 3 rings (SSSR count). The normalized spacial score (nSPS) is 15.5. The Morgan fingerprint density at radius 1 is 1.20 bits per heavy atom. The molecule has 1 aliphatic rings. The van der Waals surface area contributed by atoms with Crippen molar-refractivity contribution in [2.24, 2.45) is 5.92 Å². The van der Waals surface area contributed by atoms with Gasteiger partial charge in [0.25, 0.3) is 5.91 Å². The van der Waals surface area contributed by atoms with Crippen LogP contribution >= 0.6 is 15.9 Å². The molecule has 0 bridgehead atoms. The number of carbonyl (C=O) groups excluding carboxylic acids is 2. The summed E-state index contributed by atoms with van der Waals surface area (Å²) >= 11 is 3.23. The van der Waals surface area contributed by atoms with E-state index < -0.39 is 15.9 Å². The first-order chi connectivity index (χ1) is 14.3. The van der Waals surface area contributed by atoms with Crippen molar-refractivity contribution in [3.05, 3.63) is 46.7 Å². The third-order valence-corrected chi connectivity index (χ3v) is 7.16. The molecule has 9 nitrogen and oxygen atoms in total. The van der Waals surface area contributed by atoms with Gasteiger partial charge in [-0.3, -0.25) is 20.4 Å². The van der Waals surface area contributed by atoms with Gasteiger partial charge in [-0.15, -0.1) is 0 Å². The Kier molecular flexibility index (Phi) is 7.16. The summed E-state index contributed by atoms with van der Waals surface area (Å²) in [5, 5.41) is 0. The summed E-state index contributed by atoms with van der Waals surface area (Å²) in [6, 6.07) is 7.89. The first-order valence-electron chi connectivity index (χ1n) is 9.48. The third-order valence-electron chi connectivity index (χ3n) is 4.79. The predicted octanol–water partition coefficient (Wildman–Crippen LogP) is 2.04. The second-order valence-corrected chi connectivity index (χ2v) is 9.61. The van der Waals surface area contributed by atoms with Crippen LogP contribution in [0.1, 0.15) is 30.3 Å². The number of piperidine rings is 1. The highest BCUT2D eigenvalue weighted by molar-refractivity contribution is 9.10. The lowest BCUT2D eigenvalue weighted by atomic mass is 9.98. The van der Waals surface area contributed by atoms with Crippen molar-refractivity contribution in [1.82, 2.24) is 20.1 Å². The molecule has 1 aromatic carbocycles. The van der Waals surface area contributed by atoms with Gasteiger partial charge in [0.05, 0.1) is 11.5 Å². The van der Waals surface area contributed by atoms with Gasteiger partial charge in [0.1, 0.15) is 11.4 Å². The Morgan fingerprint density at radius 3 is 2.43 bits per heavy atom. The highest BCUT2D eigenvalue weighted by Gasteiger charge is 2.32. The second-order valence-electron chi connectivity index (χ2n) is 6.76. The molecule has 1 aromatic heterocycles. The van der Waals surface area contributed by atoms with E-state index in [1.807, 2.05) is 6.92 Å². The summed E-state index contributed by atoms with van der Waals surface area (Å²) in [5.41, 5.74) is 5.07. The minimum Gasteiger partial charge on any atom is -0.494 e. The van der Waals surface area contributed by atoms with E-state index in [-0.39, 0.29) is 29.8 Å². The van der Waals surface area contributed by atoms with Crippen LogP contribution in [0.15, 0.2) is 45.9 Å². The number of rotatable bonds is 6. The lowest BCUT2D eigenvalue weighted by Crippen LogP contribution is -2.48. The van der Waals surface area contributed by atoms with Crippen LogP contribution in [0.3, 0.4) is 0 Å². The van der Waals surface area contributed by atoms with E-state index in [1.54, 1.807) is 24.4 Å². The Balaban J connectivity index is 1.52. The maximum Gasteiger partial charge on any atom is 0.286 e. The second kappa shape index (κ2) is 9.63. The highest BCUT2D eigenvalue weighted by Crippen LogP contribution is 2.25. The first kappa shape index (κ1) is 22.3. The third kappa shape index (κ3) is 5.21. The smallest absolute Gasteiger partial charge is 0.286 e. The van der Waals surface area contributed by atoms with Crippen LogP contribution < -0.4 is 15.6 Å². The van der Waals surface area contributed by atoms with Gasteiger partial charge in [-0.25, -0.2) is 8.42 Å². The molecule has 162 valence electrons. The average molecular weight is 499 g/mol. The van der Waals surface area contributed by atoms with Gasteiger partial charge in [0.15, 0.2) is 0 Å². The molecule has 1 saturated heterocycles. The lowest BCUT2D eigenvalue weighted by molar-refractivity contribution is -0.126. The van der Waals surface area contributed by atoms with Crippen LogP contribution in [0, 0.1) is 5.92 Å². The maximum atomic E-state index is 12.8. The number of hydrazine groups is 1. The molecular weight excluding hydrogens is 476 g/mol. The zero-order valence-corrected chi connectivity index (χ0v) is 18.8. The number of nitrogens with zero attached hydrogens (tertiary/aromatic N) is 1. The average Bonchev–Trinajstić information content (AvgIpc) is 3.19. The molecule has 30 heavy (non-hydrogen) atoms. The number of amides is 2. The van der Waals surface area contributed by atoms with Gasteiger partial charge in [-0.2, -0.15) is 4.31 Å². The van der Waals surface area contributed by atoms with Gasteiger partial charge in [-0.1, -0.05) is 0 Å². The number of halogens is 1. The highest BCUT2D eigenvalue weighted by atomic mass is 79.9. The number of carbonyl (C=O) groups is 2. The van der Waals surface area contributed by atoms with Crippen molar-refractivity contribution < 1.29 is 22.7 Å². The summed E-state index contributed by atoms with van der Waals surface area (Å²) in [7, 11) is -3.63. The van der Waals surface area contributed by atoms with Crippen LogP contribution in [0.5, 0.6) is 5.75 Å². The van der Waals surface area contributed by atoms with Crippen molar-refractivity contribution in [1.29, 1.82) is 0 Å². The molecule has 2 amide bonds. The van der Waals surface area contributed by atoms with Gasteiger partial charge in [-0.05, 0) is 66.0 Å². The molecule has 2 heterocycles. The minimum atomic E-state index is -3.63. The summed E-state index contributed by atoms with van der Waals surface area (Å²) in [6.45, 7) is 2.82. The largest absolute Gasteiger partial charge is 0.494 e. The van der Waals surface area contributed by atoms with Crippen molar-refractivity contribution in [2.75, 3.05) is 19.7 Å². The standard InChI is InChI=1S/C19H23BrN4O5S/c1-2-29-15-3-5-16(6-4-15)30(27,28)24-9-7-13(8-10-24)18(25)22-23-19(26)17-11-14(20)12-21-17/h3-6,11-13,21H,2,7-10H2,1H3,(H,22,25)(H,23,26). The molecule has 0 spiro atoms. The zero-order chi connectivity index (χ0) is 21.7. The number of H-pyrrole nitrogens is 1. The number of sulfonamides is 1. The van der Waals surface area contributed by atoms with Crippen LogP contribution in [-0.4, -0.2) is 49.2 Å². The molecule has 1 aliphatic heterocycles. The fourth-order valence-corrected chi connectivity index (χ4v) is 4.98. The Hall–Kier alpha value is -2.37. The van der Waals surface area contributed by atoms with E-state index in [0.29, 0.717) is 30.9 Å². The predicted molar refractivity (Wildman–Crippen MR) is 113 cm³/mol. The van der Waals surface area contributed by atoms with E-state index in [4.69, 9.17) is 4.74 Å². The van der Waals surface area contributed by atoms with Crippen molar-refractivity contribution in [3.8, 4) is 5.75 Å². The van der Waals surface area contributed by atoms with Crippen LogP contribution in [-0.2, 0) is 14.8 Å². The molecule has 0 atom stereocenters. The maximum absolute atomic E-state index is 12.8. The van der Waals surface area contributed by atoms with E-state index in [9.17, 15) is 18.0 Å². The van der Waals surface area contributed by atoms with Crippen LogP contribution in [0.2, 0.25) is 0 Å². The number of ether oxygens (including phenoxy) is 1. The van der Waals surface area contributed by atoms with Gasteiger partial charge in [0, 0.05) is 29.7 Å². The molecule has 2 aromatic rings. The summed E-state index contributed by atoms with van der Waals surface area (Å²) in [6.07, 6.45) is 2.34. The van der Waals surface area contributed by atoms with E-state index in [1.165, 1.54) is 16.4 Å². The minimum absolute atomic E-state index is 0.193. The van der Waals surface area contributed by atoms with Crippen molar-refractivity contribution in [2.45, 2.75) is 24.7 Å². The zero-order valence-electron chi connectivity index (χ0n) is 16.4. The fraction of sp³-hybridized carbons (Fsp3) is 0.368. The molecule has 3 N–H and O–H groups in total. The van der Waals surface area contributed by atoms with Crippen molar-refractivity contribution in [3.63, 3.8) is 0 Å². The van der Waals surface area contributed by atoms with Gasteiger partial charge in [0.2, 0.25) is 15.9 Å². The first-order valence-corrected chi connectivity index (χ1v) is 11.7. The number of nitrogens with one attached hydrogen (secondary N) is 3. The Labute approximate surface area is 183 Å². The number of benzene rings is 1. The van der Waals surface area contributed by atoms with E-state index in [0.717, 1.165) is 4.47 Å². The molecule has 0 saturated carbocycles. The van der Waals surface area contributed by atoms with E-state index >= 15 is 0 Å². The van der Waals surface area contributed by atoms with Crippen molar-refractivity contribution >= 4 is 37.8 Å². The molecule has 0 radical (unpaired) electrons. The monoisotopic (exact) mass is 498 g/mol. The topological polar surface area (TPSA) is 121 Å². The van der Waals surface area contributed by atoms with Gasteiger partial charge < -0.3 is 9.72 Å². The molecule has 11 heteroatoms. The lowest BCUT2D eigenvalue weighted by Gasteiger charge is -2.30. The van der Waals surface area contributed by atoms with Gasteiger partial charge >= 0.3 is 0 Å². The van der Waals surface area contributed by atoms with Crippen LogP contribution in [0.25, 0.3) is 0 Å². The van der Waals surface area contributed by atoms with E-state index in [2.05, 4.69) is 31.8 Å². The number of aromatic amines is 1. The SMILES string of the molecule is CCOc1ccc(S(=O)(=O)N2CCC(C(=O)NNC(=O)c3cc(Br)c[nH]3)CC2)cc1. The fourth-order valence-electron chi connectivity index (χ4n) is 3.17. The molecule has 1 fully saturated rings. The Morgan fingerprint density at radius 2 is 1.87 bits per heavy atom. The molecule has 0 aliphatic carbocycles. The number of aromatic nitrogens is 1. The number of hydrogen-bond acceptors (Lipinski definition) is 5. The summed E-state index contributed by atoms with van der Waals surface area (Å²) < 4.78 is 33.1. The summed E-state index contributed by atoms with van der Waals surface area (Å²) in [4.78, 5) is 27.3. The number of hydrogen-bond donors (Lipinski definition) is 3. The summed E-state index contributed by atoms with van der Waals surface area (Å²) in [5.74, 6) is -0.579. The molecule has 0 unspecified atom stereocenters.